The first kappa shape index (κ1) is 19.3. The van der Waals surface area contributed by atoms with Crippen LogP contribution in [0.1, 0.15) is 24.8 Å². The molecule has 1 fully saturated rings. The van der Waals surface area contributed by atoms with Crippen molar-refractivity contribution in [2.45, 2.75) is 25.8 Å². The number of rotatable bonds is 6. The Morgan fingerprint density at radius 3 is 2.48 bits per heavy atom. The van der Waals surface area contributed by atoms with E-state index < -0.39 is 11.6 Å². The summed E-state index contributed by atoms with van der Waals surface area (Å²) in [6.45, 7) is 2.90. The second kappa shape index (κ2) is 8.95. The van der Waals surface area contributed by atoms with Crippen LogP contribution in [0.25, 0.3) is 0 Å². The summed E-state index contributed by atoms with van der Waals surface area (Å²) in [5.74, 6) is -1.62. The van der Waals surface area contributed by atoms with E-state index in [2.05, 4.69) is 34.5 Å². The van der Waals surface area contributed by atoms with Gasteiger partial charge in [0.1, 0.15) is 11.6 Å². The Morgan fingerprint density at radius 1 is 1.07 bits per heavy atom. The van der Waals surface area contributed by atoms with Crippen molar-refractivity contribution in [3.8, 4) is 0 Å². The number of nitrogens with one attached hydrogen (secondary N) is 1. The standard InChI is InChI=1S/C21H25F2N3O/c1-25(15-21(27)24-20-13-17(22)7-10-19(20)23)14-16-5-8-18(9-6-16)26-11-3-2-4-12-26/h5-10,13H,2-4,11-12,14-15H2,1H3,(H,24,27). The van der Waals surface area contributed by atoms with Crippen molar-refractivity contribution in [3.63, 3.8) is 0 Å². The highest BCUT2D eigenvalue weighted by Crippen LogP contribution is 2.20. The third-order valence-corrected chi connectivity index (χ3v) is 4.73. The summed E-state index contributed by atoms with van der Waals surface area (Å²) in [7, 11) is 1.82. The van der Waals surface area contributed by atoms with E-state index in [1.807, 2.05) is 11.9 Å². The average molecular weight is 373 g/mol. The Bertz CT molecular complexity index is 773. The fraction of sp³-hybridized carbons (Fsp3) is 0.381. The highest BCUT2D eigenvalue weighted by molar-refractivity contribution is 5.92. The van der Waals surface area contributed by atoms with Crippen molar-refractivity contribution in [2.75, 3.05) is 36.9 Å². The summed E-state index contributed by atoms with van der Waals surface area (Å²) in [5.41, 5.74) is 2.20. The van der Waals surface area contributed by atoms with Crippen LogP contribution in [0.5, 0.6) is 0 Å². The van der Waals surface area contributed by atoms with E-state index in [9.17, 15) is 13.6 Å². The Labute approximate surface area is 158 Å². The van der Waals surface area contributed by atoms with Crippen LogP contribution in [0.15, 0.2) is 42.5 Å². The van der Waals surface area contributed by atoms with Crippen molar-refractivity contribution in [1.29, 1.82) is 0 Å². The third kappa shape index (κ3) is 5.50. The molecule has 27 heavy (non-hydrogen) atoms. The molecule has 1 N–H and O–H groups in total. The molecule has 0 aromatic heterocycles. The normalized spacial score (nSPS) is 14.4. The fourth-order valence-electron chi connectivity index (χ4n) is 3.36. The van der Waals surface area contributed by atoms with E-state index in [0.29, 0.717) is 6.54 Å². The number of likely N-dealkylation sites (N-methyl/N-ethyl adjacent to an activating group) is 1. The number of carbonyl (C=O) groups is 1. The fourth-order valence-corrected chi connectivity index (χ4v) is 3.36. The number of benzene rings is 2. The first-order valence-corrected chi connectivity index (χ1v) is 9.28. The monoisotopic (exact) mass is 373 g/mol. The first-order valence-electron chi connectivity index (χ1n) is 9.28. The van der Waals surface area contributed by atoms with Crippen LogP contribution in [0.3, 0.4) is 0 Å². The molecule has 2 aromatic rings. The smallest absolute Gasteiger partial charge is 0.238 e. The second-order valence-electron chi connectivity index (χ2n) is 7.06. The van der Waals surface area contributed by atoms with Crippen molar-refractivity contribution in [2.24, 2.45) is 0 Å². The van der Waals surface area contributed by atoms with Crippen LogP contribution in [-0.4, -0.2) is 37.5 Å². The lowest BCUT2D eigenvalue weighted by molar-refractivity contribution is -0.117. The highest BCUT2D eigenvalue weighted by atomic mass is 19.1. The molecular weight excluding hydrogens is 348 g/mol. The van der Waals surface area contributed by atoms with Gasteiger partial charge in [0.05, 0.1) is 12.2 Å². The van der Waals surface area contributed by atoms with Gasteiger partial charge in [0.15, 0.2) is 0 Å². The zero-order valence-electron chi connectivity index (χ0n) is 15.5. The molecule has 0 bridgehead atoms. The van der Waals surface area contributed by atoms with E-state index in [1.54, 1.807) is 0 Å². The van der Waals surface area contributed by atoms with Gasteiger partial charge in [0, 0.05) is 31.4 Å². The summed E-state index contributed by atoms with van der Waals surface area (Å²) >= 11 is 0. The number of piperidine rings is 1. The van der Waals surface area contributed by atoms with E-state index in [0.717, 1.165) is 36.9 Å². The molecule has 0 atom stereocenters. The summed E-state index contributed by atoms with van der Waals surface area (Å²) in [6.07, 6.45) is 3.79. The number of hydrogen-bond donors (Lipinski definition) is 1. The summed E-state index contributed by atoms with van der Waals surface area (Å²) in [6, 6.07) is 11.4. The van der Waals surface area contributed by atoms with E-state index in [1.165, 1.54) is 24.9 Å². The van der Waals surface area contributed by atoms with Gasteiger partial charge in [-0.2, -0.15) is 0 Å². The van der Waals surface area contributed by atoms with Gasteiger partial charge in [-0.05, 0) is 56.1 Å². The minimum Gasteiger partial charge on any atom is -0.372 e. The topological polar surface area (TPSA) is 35.6 Å². The van der Waals surface area contributed by atoms with Crippen LogP contribution in [0.2, 0.25) is 0 Å². The van der Waals surface area contributed by atoms with Crippen LogP contribution in [-0.2, 0) is 11.3 Å². The minimum absolute atomic E-state index is 0.0871. The average Bonchev–Trinajstić information content (AvgIpc) is 2.66. The number of amides is 1. The maximum Gasteiger partial charge on any atom is 0.238 e. The zero-order valence-corrected chi connectivity index (χ0v) is 15.5. The molecular formula is C21H25F2N3O. The molecule has 1 aliphatic rings. The molecule has 2 aromatic carbocycles. The lowest BCUT2D eigenvalue weighted by Gasteiger charge is -2.29. The van der Waals surface area contributed by atoms with E-state index in [4.69, 9.17) is 0 Å². The van der Waals surface area contributed by atoms with Crippen LogP contribution >= 0.6 is 0 Å². The third-order valence-electron chi connectivity index (χ3n) is 4.73. The zero-order chi connectivity index (χ0) is 19.2. The largest absolute Gasteiger partial charge is 0.372 e. The molecule has 1 aliphatic heterocycles. The number of nitrogens with zero attached hydrogens (tertiary/aromatic N) is 2. The summed E-state index contributed by atoms with van der Waals surface area (Å²) in [5, 5.41) is 2.42. The van der Waals surface area contributed by atoms with Gasteiger partial charge in [-0.15, -0.1) is 0 Å². The van der Waals surface area contributed by atoms with Crippen LogP contribution < -0.4 is 10.2 Å². The van der Waals surface area contributed by atoms with Gasteiger partial charge in [-0.3, -0.25) is 9.69 Å². The van der Waals surface area contributed by atoms with Gasteiger partial charge in [0.2, 0.25) is 5.91 Å². The van der Waals surface area contributed by atoms with E-state index in [-0.39, 0.29) is 18.1 Å². The summed E-state index contributed by atoms with van der Waals surface area (Å²) < 4.78 is 26.8. The Kier molecular flexibility index (Phi) is 6.40. The molecule has 1 heterocycles. The molecule has 1 amide bonds. The molecule has 0 unspecified atom stereocenters. The van der Waals surface area contributed by atoms with Crippen molar-refractivity contribution in [3.05, 3.63) is 59.7 Å². The molecule has 1 saturated heterocycles. The van der Waals surface area contributed by atoms with Gasteiger partial charge < -0.3 is 10.2 Å². The van der Waals surface area contributed by atoms with Crippen LogP contribution in [0.4, 0.5) is 20.2 Å². The SMILES string of the molecule is CN(CC(=O)Nc1cc(F)ccc1F)Cc1ccc(N2CCCCC2)cc1. The van der Waals surface area contributed by atoms with Gasteiger partial charge >= 0.3 is 0 Å². The Morgan fingerprint density at radius 2 is 1.78 bits per heavy atom. The molecule has 144 valence electrons. The molecule has 6 heteroatoms. The van der Waals surface area contributed by atoms with Crippen molar-refractivity contribution in [1.82, 2.24) is 4.90 Å². The quantitative estimate of drug-likeness (QED) is 0.831. The van der Waals surface area contributed by atoms with E-state index >= 15 is 0 Å². The lowest BCUT2D eigenvalue weighted by Crippen LogP contribution is -2.30. The number of anilines is 2. The molecule has 4 nitrogen and oxygen atoms in total. The predicted molar refractivity (Wildman–Crippen MR) is 104 cm³/mol. The predicted octanol–water partition coefficient (Wildman–Crippen LogP) is 4.03. The minimum atomic E-state index is -0.652. The maximum absolute atomic E-state index is 13.6. The van der Waals surface area contributed by atoms with Crippen molar-refractivity contribution < 1.29 is 13.6 Å². The van der Waals surface area contributed by atoms with Gasteiger partial charge in [-0.1, -0.05) is 12.1 Å². The number of halogens is 2. The first-order chi connectivity index (χ1) is 13.0. The van der Waals surface area contributed by atoms with Crippen LogP contribution in [0, 0.1) is 11.6 Å². The maximum atomic E-state index is 13.6. The Hall–Kier alpha value is -2.47. The molecule has 0 radical (unpaired) electrons. The second-order valence-corrected chi connectivity index (χ2v) is 7.06. The lowest BCUT2D eigenvalue weighted by atomic mass is 10.1. The van der Waals surface area contributed by atoms with Gasteiger partial charge in [-0.25, -0.2) is 8.78 Å². The Balaban J connectivity index is 1.51. The molecule has 0 saturated carbocycles. The highest BCUT2D eigenvalue weighted by Gasteiger charge is 2.13. The van der Waals surface area contributed by atoms with Gasteiger partial charge in [0.25, 0.3) is 0 Å². The summed E-state index contributed by atoms with van der Waals surface area (Å²) in [4.78, 5) is 16.3. The molecule has 3 rings (SSSR count). The molecule has 0 spiro atoms. The molecule has 0 aliphatic carbocycles. The number of hydrogen-bond acceptors (Lipinski definition) is 3. The number of carbonyl (C=O) groups excluding carboxylic acids is 1. The van der Waals surface area contributed by atoms with Crippen molar-refractivity contribution >= 4 is 17.3 Å².